The van der Waals surface area contributed by atoms with Crippen LogP contribution >= 0.6 is 0 Å². The molecule has 0 amide bonds. The summed E-state index contributed by atoms with van der Waals surface area (Å²) in [4.78, 5) is 35.2. The molecule has 190 valence electrons. The van der Waals surface area contributed by atoms with E-state index in [0.29, 0.717) is 45.1 Å². The Morgan fingerprint density at radius 3 is 2.45 bits per heavy atom. The van der Waals surface area contributed by atoms with E-state index in [-0.39, 0.29) is 23.2 Å². The second-order valence-corrected chi connectivity index (χ2v) is 8.85. The zero-order chi connectivity index (χ0) is 26.8. The summed E-state index contributed by atoms with van der Waals surface area (Å²) in [6.07, 6.45) is 4.83. The number of hydrogen-bond acceptors (Lipinski definition) is 6. The highest BCUT2D eigenvalue weighted by atomic mass is 19.1. The lowest BCUT2D eigenvalue weighted by Gasteiger charge is -2.13. The Hall–Kier alpha value is -4.85. The number of carbonyl (C=O) groups excluding carboxylic acids is 1. The molecule has 5 aromatic rings. The third kappa shape index (κ3) is 4.88. The minimum atomic E-state index is -0.392. The highest BCUT2D eigenvalue weighted by Crippen LogP contribution is 2.29. The van der Waals surface area contributed by atoms with Gasteiger partial charge in [0, 0.05) is 49.3 Å². The van der Waals surface area contributed by atoms with Crippen molar-refractivity contribution in [2.75, 3.05) is 7.11 Å². The lowest BCUT2D eigenvalue weighted by Crippen LogP contribution is -2.22. The Kier molecular flexibility index (Phi) is 6.70. The largest absolute Gasteiger partial charge is 0.495 e. The number of rotatable bonds is 7. The fraction of sp³-hybridized carbons (Fsp3) is 0.133. The van der Waals surface area contributed by atoms with Crippen LogP contribution in [0.15, 0.2) is 84.0 Å². The second-order valence-electron chi connectivity index (χ2n) is 8.85. The minimum Gasteiger partial charge on any atom is -0.495 e. The number of hydrogen-bond donors (Lipinski definition) is 0. The van der Waals surface area contributed by atoms with E-state index < -0.39 is 5.82 Å². The number of methoxy groups -OCH3 is 1. The molecule has 0 bridgehead atoms. The molecule has 2 aromatic carbocycles. The summed E-state index contributed by atoms with van der Waals surface area (Å²) in [6, 6.07) is 16.3. The van der Waals surface area contributed by atoms with Gasteiger partial charge in [0.25, 0.3) is 0 Å². The summed E-state index contributed by atoms with van der Waals surface area (Å²) in [5, 5.41) is 0. The van der Waals surface area contributed by atoms with Crippen LogP contribution in [-0.2, 0) is 13.5 Å². The van der Waals surface area contributed by atoms with Crippen molar-refractivity contribution >= 4 is 16.8 Å². The van der Waals surface area contributed by atoms with Crippen molar-refractivity contribution in [3.05, 3.63) is 112 Å². The van der Waals surface area contributed by atoms with E-state index in [4.69, 9.17) is 9.47 Å². The fourth-order valence-electron chi connectivity index (χ4n) is 4.24. The van der Waals surface area contributed by atoms with E-state index in [1.54, 1.807) is 92.8 Å². The van der Waals surface area contributed by atoms with Crippen LogP contribution in [0.4, 0.5) is 4.39 Å². The van der Waals surface area contributed by atoms with Crippen LogP contribution in [0, 0.1) is 12.7 Å². The first-order chi connectivity index (χ1) is 18.3. The summed E-state index contributed by atoms with van der Waals surface area (Å²) < 4.78 is 26.4. The van der Waals surface area contributed by atoms with Gasteiger partial charge >= 0.3 is 0 Å². The van der Waals surface area contributed by atoms with E-state index in [2.05, 4.69) is 9.97 Å². The van der Waals surface area contributed by atoms with Crippen LogP contribution in [-0.4, -0.2) is 27.4 Å². The van der Waals surface area contributed by atoms with Gasteiger partial charge in [-0.2, -0.15) is 0 Å². The summed E-state index contributed by atoms with van der Waals surface area (Å²) in [6.45, 7) is 1.80. The summed E-state index contributed by atoms with van der Waals surface area (Å²) >= 11 is 0. The average Bonchev–Trinajstić information content (AvgIpc) is 2.92. The number of halogens is 1. The van der Waals surface area contributed by atoms with Crippen LogP contribution in [0.1, 0.15) is 21.6 Å². The van der Waals surface area contributed by atoms with Gasteiger partial charge < -0.3 is 14.0 Å². The number of ketones is 1. The smallest absolute Gasteiger partial charge is 0.200 e. The molecule has 8 heteroatoms. The topological polar surface area (TPSA) is 83.3 Å². The molecule has 0 unspecified atom stereocenters. The molecule has 0 saturated heterocycles. The molecule has 38 heavy (non-hydrogen) atoms. The van der Waals surface area contributed by atoms with Gasteiger partial charge in [0.2, 0.25) is 0 Å². The predicted molar refractivity (Wildman–Crippen MR) is 142 cm³/mol. The van der Waals surface area contributed by atoms with Gasteiger partial charge in [0.15, 0.2) is 17.0 Å². The molecule has 0 spiro atoms. The van der Waals surface area contributed by atoms with Gasteiger partial charge in [0.05, 0.1) is 24.4 Å². The summed E-state index contributed by atoms with van der Waals surface area (Å²) in [5.74, 6) is 1.01. The molecule has 0 fully saturated rings. The van der Waals surface area contributed by atoms with Gasteiger partial charge in [-0.3, -0.25) is 14.6 Å². The zero-order valence-electron chi connectivity index (χ0n) is 21.1. The Labute approximate surface area is 218 Å². The molecule has 0 N–H and O–H groups in total. The van der Waals surface area contributed by atoms with Gasteiger partial charge in [0.1, 0.15) is 22.8 Å². The first-order valence-electron chi connectivity index (χ1n) is 11.9. The maximum absolute atomic E-state index is 13.4. The van der Waals surface area contributed by atoms with Crippen LogP contribution in [0.25, 0.3) is 22.2 Å². The number of aromatic nitrogens is 3. The van der Waals surface area contributed by atoms with Crippen LogP contribution in [0.2, 0.25) is 0 Å². The number of ether oxygens (including phenoxy) is 2. The zero-order valence-corrected chi connectivity index (χ0v) is 21.1. The minimum absolute atomic E-state index is 0.0426. The molecule has 7 nitrogen and oxygen atoms in total. The molecular formula is C30H24FN3O4. The van der Waals surface area contributed by atoms with Crippen LogP contribution < -0.4 is 14.9 Å². The monoisotopic (exact) mass is 509 g/mol. The molecule has 0 radical (unpaired) electrons. The average molecular weight is 510 g/mol. The number of nitrogens with zero attached hydrogens (tertiary/aromatic N) is 3. The fourth-order valence-corrected chi connectivity index (χ4v) is 4.24. The third-order valence-corrected chi connectivity index (χ3v) is 6.39. The lowest BCUT2D eigenvalue weighted by atomic mass is 9.97. The van der Waals surface area contributed by atoms with Gasteiger partial charge in [-0.25, -0.2) is 9.37 Å². The highest BCUT2D eigenvalue weighted by molar-refractivity contribution is 5.98. The number of fused-ring (bicyclic) bond motifs is 1. The molecule has 0 aliphatic rings. The number of pyridine rings is 3. The molecule has 0 atom stereocenters. The van der Waals surface area contributed by atoms with Crippen molar-refractivity contribution in [3.63, 3.8) is 0 Å². The first kappa shape index (κ1) is 24.8. The third-order valence-electron chi connectivity index (χ3n) is 6.39. The molecular weight excluding hydrogens is 485 g/mol. The Morgan fingerprint density at radius 1 is 1.00 bits per heavy atom. The van der Waals surface area contributed by atoms with Crippen molar-refractivity contribution in [1.29, 1.82) is 0 Å². The van der Waals surface area contributed by atoms with Gasteiger partial charge in [-0.1, -0.05) is 24.3 Å². The number of carbonyl (C=O) groups is 1. The van der Waals surface area contributed by atoms with Crippen molar-refractivity contribution in [2.24, 2.45) is 7.05 Å². The molecule has 0 aliphatic carbocycles. The van der Waals surface area contributed by atoms with E-state index in [9.17, 15) is 14.0 Å². The van der Waals surface area contributed by atoms with E-state index in [0.717, 1.165) is 5.56 Å². The van der Waals surface area contributed by atoms with E-state index >= 15 is 0 Å². The number of Topliss-reactive ketones (excluding diaryl/α,β-unsaturated/α-hetero) is 1. The van der Waals surface area contributed by atoms with Crippen molar-refractivity contribution in [3.8, 4) is 28.4 Å². The molecule has 3 heterocycles. The Morgan fingerprint density at radius 2 is 1.74 bits per heavy atom. The van der Waals surface area contributed by atoms with Crippen molar-refractivity contribution in [1.82, 2.24) is 14.5 Å². The van der Waals surface area contributed by atoms with Crippen molar-refractivity contribution < 1.29 is 18.7 Å². The van der Waals surface area contributed by atoms with Gasteiger partial charge in [-0.15, -0.1) is 0 Å². The SMILES string of the molecule is COc1cnc2c(Oc3ccc(CC(=O)c4cn(C)c(C)c(-c5ccc(F)cc5)c4=O)cc3)ccnc2c1. The molecule has 3 aromatic heterocycles. The van der Waals surface area contributed by atoms with Crippen LogP contribution in [0.5, 0.6) is 17.2 Å². The maximum atomic E-state index is 13.4. The van der Waals surface area contributed by atoms with Crippen molar-refractivity contribution in [2.45, 2.75) is 13.3 Å². The maximum Gasteiger partial charge on any atom is 0.200 e. The number of aryl methyl sites for hydroxylation is 1. The molecule has 0 aliphatic heterocycles. The normalized spacial score (nSPS) is 10.9. The molecule has 5 rings (SSSR count). The Balaban J connectivity index is 1.37. The predicted octanol–water partition coefficient (Wildman–Crippen LogP) is 5.67. The first-order valence-corrected chi connectivity index (χ1v) is 11.9. The quantitative estimate of drug-likeness (QED) is 0.263. The standard InChI is InChI=1S/C30H24FN3O4/c1-18-28(20-6-8-21(31)9-7-20)30(36)24(17-34(18)2)26(35)14-19-4-10-22(11-5-19)38-27-12-13-32-25-15-23(37-3)16-33-29(25)27/h4-13,15-17H,14H2,1-3H3. The highest BCUT2D eigenvalue weighted by Gasteiger charge is 2.19. The second kappa shape index (κ2) is 10.3. The molecule has 0 saturated carbocycles. The van der Waals surface area contributed by atoms with E-state index in [1.807, 2.05) is 0 Å². The summed E-state index contributed by atoms with van der Waals surface area (Å²) in [7, 11) is 3.34. The number of benzene rings is 2. The van der Waals surface area contributed by atoms with E-state index in [1.165, 1.54) is 12.1 Å². The summed E-state index contributed by atoms with van der Waals surface area (Å²) in [5.41, 5.74) is 3.33. The van der Waals surface area contributed by atoms with Crippen LogP contribution in [0.3, 0.4) is 0 Å². The van der Waals surface area contributed by atoms with Gasteiger partial charge in [-0.05, 0) is 42.3 Å². The lowest BCUT2D eigenvalue weighted by molar-refractivity contribution is 0.0991. The Bertz CT molecular complexity index is 1710.